The Morgan fingerprint density at radius 3 is 0.824 bits per heavy atom. The number of rotatable bonds is 8. The summed E-state index contributed by atoms with van der Waals surface area (Å²) in [6.07, 6.45) is 5.95. The fourth-order valence-electron chi connectivity index (χ4n) is 20.6. The number of anilines is 15. The van der Waals surface area contributed by atoms with Crippen molar-refractivity contribution in [1.29, 1.82) is 0 Å². The molecule has 0 saturated carbocycles. The molecule has 0 aliphatic carbocycles. The van der Waals surface area contributed by atoms with Crippen molar-refractivity contribution in [2.75, 3.05) is 63.0 Å². The summed E-state index contributed by atoms with van der Waals surface area (Å²) in [5, 5.41) is 10.8. The van der Waals surface area contributed by atoms with Gasteiger partial charge < -0.3 is 71.1 Å². The smallest absolute Gasteiger partial charge is 0.159 e. The Labute approximate surface area is 775 Å². The van der Waals surface area contributed by atoms with Crippen molar-refractivity contribution in [2.24, 2.45) is 0 Å². The summed E-state index contributed by atoms with van der Waals surface area (Å²) >= 11 is 0. The van der Waals surface area contributed by atoms with Crippen molar-refractivity contribution < 1.29 is 34.4 Å². The maximum Gasteiger partial charge on any atom is 0.159 e. The zero-order chi connectivity index (χ0) is 98.1. The fourth-order valence-corrected chi connectivity index (χ4v) is 20.6. The van der Waals surface area contributed by atoms with Crippen molar-refractivity contribution in [3.05, 3.63) is 307 Å². The van der Waals surface area contributed by atoms with Gasteiger partial charge in [0.2, 0.25) is 0 Å². The van der Waals surface area contributed by atoms with E-state index in [0.717, 1.165) is 206 Å². The second-order valence-electron chi connectivity index (χ2n) is 35.1. The zero-order valence-corrected chi connectivity index (χ0v) is 76.2. The molecule has 0 radical (unpaired) electrons. The Morgan fingerprint density at radius 2 is 0.489 bits per heavy atom. The topological polar surface area (TPSA) is 150 Å². The summed E-state index contributed by atoms with van der Waals surface area (Å²) in [5.74, 6) is 2.82. The summed E-state index contributed by atoms with van der Waals surface area (Å²) in [7, 11) is 0. The number of hydrogen-bond donors (Lipinski definition) is 0. The van der Waals surface area contributed by atoms with Crippen LogP contribution in [-0.2, 0) is 0 Å². The SMILES string of the molecule is [2H]C(C)(C)N1c2ccccc2N(c2c(C)ccc3c2oc2ccccc23)[C@H]1C.[2H]C(C)(C)N1c2cccnc2N(c2c(C)ccc3c2oc2ccccc23)[C@H]1C.[2H]C(C)(C)N1c2cccnc2N(c2c(C)ccc3c2oc2ccccc23)[C@H]1C.[2H]C([2H])([2H])N1c2cccnc2N(c2c(C)ccc3c2oc2ccccc23)[C@H]1C.[2H]C([2H])([2H])N1c2ncccc2N(c2c(C)ccc3c2oc2ccccc23)[C@H]1C. The van der Waals surface area contributed by atoms with Crippen molar-refractivity contribution in [2.45, 2.75) is 160 Å². The van der Waals surface area contributed by atoms with E-state index in [-0.39, 0.29) is 18.5 Å². The largest absolute Gasteiger partial charge is 0.454 e. The highest BCUT2D eigenvalue weighted by atomic mass is 16.3. The number of aryl methyl sites for hydroxylation is 5. The highest BCUT2D eigenvalue weighted by molar-refractivity contribution is 6.16. The van der Waals surface area contributed by atoms with E-state index in [4.69, 9.17) is 44.4 Å². The van der Waals surface area contributed by atoms with Crippen molar-refractivity contribution in [3.63, 3.8) is 0 Å². The van der Waals surface area contributed by atoms with Gasteiger partial charge in [-0.3, -0.25) is 0 Å². The number of benzene rings is 11. The highest BCUT2D eigenvalue weighted by Gasteiger charge is 2.43. The quantitative estimate of drug-likeness (QED) is 0.142. The van der Waals surface area contributed by atoms with Crippen molar-refractivity contribution in [1.82, 2.24) is 19.9 Å². The summed E-state index contributed by atoms with van der Waals surface area (Å²) in [5.41, 5.74) is 24.3. The van der Waals surface area contributed by atoms with Crippen LogP contribution in [-0.4, -0.2) is 82.8 Å². The van der Waals surface area contributed by atoms with Gasteiger partial charge in [-0.1, -0.05) is 164 Å². The molecule has 0 amide bonds. The number of hydrogen-bond acceptors (Lipinski definition) is 19. The second kappa shape index (κ2) is 32.6. The molecule has 9 aromatic heterocycles. The average molecular weight is 1740 g/mol. The van der Waals surface area contributed by atoms with E-state index in [1.54, 1.807) is 24.5 Å². The molecule has 0 saturated heterocycles. The van der Waals surface area contributed by atoms with E-state index < -0.39 is 44.3 Å². The summed E-state index contributed by atoms with van der Waals surface area (Å²) in [6, 6.07) is 82.7. The first kappa shape index (κ1) is 73.0. The van der Waals surface area contributed by atoms with E-state index in [0.29, 0.717) is 17.3 Å². The minimum Gasteiger partial charge on any atom is -0.454 e. The zero-order valence-electron chi connectivity index (χ0n) is 85.2. The molecule has 5 aliphatic heterocycles. The van der Waals surface area contributed by atoms with Crippen LogP contribution in [0.5, 0.6) is 0 Å². The minimum absolute atomic E-state index is 0.00223. The molecule has 11 aromatic carbocycles. The Bertz CT molecular complexity index is 7160. The lowest BCUT2D eigenvalue weighted by Crippen LogP contribution is -2.42. The van der Waals surface area contributed by atoms with Crippen LogP contribution in [0, 0.1) is 34.6 Å². The van der Waals surface area contributed by atoms with Crippen LogP contribution in [0.4, 0.5) is 85.8 Å². The average Bonchev–Trinajstić information content (AvgIpc) is 1.59. The summed E-state index contributed by atoms with van der Waals surface area (Å²) < 4.78 is 106. The van der Waals surface area contributed by atoms with E-state index >= 15 is 0 Å². The molecule has 14 heterocycles. The van der Waals surface area contributed by atoms with Crippen molar-refractivity contribution in [3.8, 4) is 0 Å². The Kier molecular flexibility index (Phi) is 18.2. The lowest BCUT2D eigenvalue weighted by atomic mass is 10.1. The van der Waals surface area contributed by atoms with Gasteiger partial charge in [-0.05, 0) is 230 Å². The first-order chi connectivity index (χ1) is 66.9. The first-order valence-corrected chi connectivity index (χ1v) is 44.7. The molecule has 656 valence electrons. The van der Waals surface area contributed by atoms with E-state index in [9.17, 15) is 0 Å². The Morgan fingerprint density at radius 1 is 0.244 bits per heavy atom. The predicted octanol–water partition coefficient (Wildman–Crippen LogP) is 29.1. The molecule has 25 rings (SSSR count). The molecule has 5 aliphatic rings. The van der Waals surface area contributed by atoms with Crippen LogP contribution < -0.4 is 49.0 Å². The molecular formula is C112H108N14O5. The molecule has 0 fully saturated rings. The van der Waals surface area contributed by atoms with E-state index in [2.05, 4.69) is 178 Å². The molecular weight excluding hydrogens is 1620 g/mol. The van der Waals surface area contributed by atoms with Gasteiger partial charge in [0.25, 0.3) is 0 Å². The van der Waals surface area contributed by atoms with Gasteiger partial charge in [0.05, 0.1) is 66.7 Å². The summed E-state index contributed by atoms with van der Waals surface area (Å²) in [4.78, 5) is 38.3. The van der Waals surface area contributed by atoms with Crippen LogP contribution in [0.2, 0.25) is 0 Å². The molecule has 131 heavy (non-hydrogen) atoms. The Balaban J connectivity index is 0.000000104. The normalized spacial score (nSPS) is 18.2. The summed E-state index contributed by atoms with van der Waals surface area (Å²) in [6.45, 7) is 27.5. The maximum atomic E-state index is 8.72. The molecule has 0 unspecified atom stereocenters. The van der Waals surface area contributed by atoms with Gasteiger partial charge in [0.1, 0.15) is 58.7 Å². The lowest BCUT2D eigenvalue weighted by Gasteiger charge is -2.33. The third-order valence-corrected chi connectivity index (χ3v) is 26.4. The molecule has 19 heteroatoms. The molecule has 0 spiro atoms. The van der Waals surface area contributed by atoms with Crippen LogP contribution in [0.25, 0.3) is 110 Å². The second-order valence-corrected chi connectivity index (χ2v) is 35.1. The number of nitrogens with zero attached hydrogens (tertiary/aromatic N) is 14. The van der Waals surface area contributed by atoms with Crippen LogP contribution >= 0.6 is 0 Å². The molecule has 5 atom stereocenters. The number of para-hydroxylation sites is 7. The molecule has 0 bridgehead atoms. The van der Waals surface area contributed by atoms with E-state index in [1.165, 1.54) is 9.80 Å². The van der Waals surface area contributed by atoms with Gasteiger partial charge >= 0.3 is 0 Å². The molecule has 0 N–H and O–H groups in total. The maximum absolute atomic E-state index is 8.72. The number of furan rings is 5. The van der Waals surface area contributed by atoms with Gasteiger partial charge in [0, 0.05) is 119 Å². The fraction of sp³-hybridized carbons (Fsp3) is 0.232. The number of fused-ring (bicyclic) bond motifs is 20. The van der Waals surface area contributed by atoms with Crippen LogP contribution in [0.1, 0.15) is 116 Å². The van der Waals surface area contributed by atoms with E-state index in [1.807, 2.05) is 237 Å². The van der Waals surface area contributed by atoms with Gasteiger partial charge in [0.15, 0.2) is 51.2 Å². The molecule has 19 nitrogen and oxygen atoms in total. The van der Waals surface area contributed by atoms with Gasteiger partial charge in [-0.15, -0.1) is 0 Å². The van der Waals surface area contributed by atoms with Gasteiger partial charge in [-0.2, -0.15) is 0 Å². The number of pyridine rings is 4. The monoisotopic (exact) mass is 1740 g/mol. The number of aromatic nitrogens is 4. The van der Waals surface area contributed by atoms with Crippen molar-refractivity contribution >= 4 is 196 Å². The third-order valence-electron chi connectivity index (χ3n) is 26.4. The standard InChI is InChI=1S/C24H24N2O.2C23H23N3O.2C21H19N3O/c1-15(2)25-17(4)26(21-11-7-6-10-20(21)25)23-16(3)13-14-19-18-9-5-8-12-22(18)27-24(19)23;2*1-14(2)25-16(4)26(23-19(25)9-7-13-24-23)21-15(3)11-12-18-17-8-5-6-10-20(17)27-22(18)21;1-13-10-11-16-15-7-4-5-9-18(15)25-20(16)19(13)24-14(2)23(3)21-17(24)8-6-12-22-21;1-13-10-11-16-15-7-4-5-9-18(15)25-20(16)19(13)24-14(2)23(3)17-8-6-12-22-21(17)24/h5-15,17H,1-4H3;2*5-14,16H,1-4H3;2*4-12,14H,1-3H3/t17-;2*16-;2*14-/m00000/s1/i15D;2*14D;2*3D3. The third kappa shape index (κ3) is 13.3. The first-order valence-electron chi connectivity index (χ1n) is 49.2. The van der Waals surface area contributed by atoms with Gasteiger partial charge in [-0.25, -0.2) is 19.9 Å². The highest BCUT2D eigenvalue weighted by Crippen LogP contribution is 2.55. The lowest BCUT2D eigenvalue weighted by molar-refractivity contribution is 0.602. The molecule has 20 aromatic rings. The Hall–Kier alpha value is -15.0. The minimum atomic E-state index is -2.30. The van der Waals surface area contributed by atoms with Crippen LogP contribution in [0.3, 0.4) is 0 Å². The predicted molar refractivity (Wildman–Crippen MR) is 543 cm³/mol. The van der Waals surface area contributed by atoms with Crippen LogP contribution in [0.15, 0.2) is 302 Å².